The number of hydrogen-bond donors (Lipinski definition) is 1. The van der Waals surface area contributed by atoms with E-state index in [0.717, 1.165) is 51.9 Å². The fraction of sp³-hybridized carbons (Fsp3) is 0.594. The summed E-state index contributed by atoms with van der Waals surface area (Å²) in [6, 6.07) is 18.4. The van der Waals surface area contributed by atoms with E-state index in [1.807, 2.05) is 6.07 Å². The Hall–Kier alpha value is -2.31. The minimum atomic E-state index is -2.68. The Morgan fingerprint density at radius 1 is 0.921 bits per heavy atom. The second-order valence-electron chi connectivity index (χ2n) is 11.6. The number of aliphatic carboxylic acids is 1. The van der Waals surface area contributed by atoms with Gasteiger partial charge in [-0.25, -0.2) is 8.78 Å². The first-order valence-corrected chi connectivity index (χ1v) is 14.5. The van der Waals surface area contributed by atoms with Gasteiger partial charge in [-0.2, -0.15) is 0 Å². The molecule has 3 aliphatic rings. The van der Waals surface area contributed by atoms with E-state index in [1.165, 1.54) is 37.0 Å². The highest BCUT2D eigenvalue weighted by Gasteiger charge is 2.35. The van der Waals surface area contributed by atoms with Crippen molar-refractivity contribution < 1.29 is 18.7 Å². The fourth-order valence-corrected chi connectivity index (χ4v) is 6.08. The number of carbonyl (C=O) groups is 1. The van der Waals surface area contributed by atoms with Crippen molar-refractivity contribution in [3.8, 4) is 0 Å². The number of carboxylic acids is 1. The highest BCUT2D eigenvalue weighted by Crippen LogP contribution is 2.36. The number of carboxylic acid groups (broad SMARTS) is 1. The second-order valence-corrected chi connectivity index (χ2v) is 11.6. The van der Waals surface area contributed by atoms with Gasteiger partial charge in [0.25, 0.3) is 5.92 Å². The van der Waals surface area contributed by atoms with E-state index in [1.54, 1.807) is 18.2 Å². The Morgan fingerprint density at radius 2 is 1.55 bits per heavy atom. The number of nitrogens with zero attached hydrogens (tertiary/aromatic N) is 2. The summed E-state index contributed by atoms with van der Waals surface area (Å²) in [5.41, 5.74) is 1.50. The highest BCUT2D eigenvalue weighted by molar-refractivity contribution is 5.73. The summed E-state index contributed by atoms with van der Waals surface area (Å²) in [5, 5.41) is 9.52. The van der Waals surface area contributed by atoms with E-state index in [0.29, 0.717) is 24.2 Å². The van der Waals surface area contributed by atoms with Gasteiger partial charge in [-0.05, 0) is 82.1 Å². The maximum Gasteiger partial charge on any atom is 0.320 e. The first-order valence-electron chi connectivity index (χ1n) is 14.5. The molecule has 0 amide bonds. The second kappa shape index (κ2) is 13.7. The van der Waals surface area contributed by atoms with Gasteiger partial charge in [0.15, 0.2) is 0 Å². The third-order valence-electron chi connectivity index (χ3n) is 8.90. The number of hydrogen-bond acceptors (Lipinski definition) is 3. The van der Waals surface area contributed by atoms with Crippen molar-refractivity contribution in [2.75, 3.05) is 33.2 Å². The molecule has 2 aromatic rings. The van der Waals surface area contributed by atoms with Gasteiger partial charge in [-0.15, -0.1) is 0 Å². The van der Waals surface area contributed by atoms with Gasteiger partial charge in [0.05, 0.1) is 0 Å². The Balaban J connectivity index is 0.000000178. The number of halogens is 2. The minimum absolute atomic E-state index is 0.0224. The molecule has 0 aromatic heterocycles. The van der Waals surface area contributed by atoms with E-state index in [4.69, 9.17) is 0 Å². The van der Waals surface area contributed by atoms with Crippen LogP contribution in [0.15, 0.2) is 60.7 Å². The molecule has 6 heteroatoms. The molecule has 4 nitrogen and oxygen atoms in total. The monoisotopic (exact) mass is 526 g/mol. The SMILES string of the molecule is CN1CCC(CCC(F)(F)c2ccccc2)CC1.O=C(O)C(CC1CCC1)N1CCC(c2ccccc2)C1. The van der Waals surface area contributed by atoms with Crippen LogP contribution < -0.4 is 0 Å². The van der Waals surface area contributed by atoms with Crippen molar-refractivity contribution in [3.05, 3.63) is 71.8 Å². The van der Waals surface area contributed by atoms with E-state index in [-0.39, 0.29) is 18.0 Å². The molecule has 5 rings (SSSR count). The molecule has 1 saturated carbocycles. The molecule has 208 valence electrons. The third-order valence-corrected chi connectivity index (χ3v) is 8.90. The Bertz CT molecular complexity index is 975. The molecule has 2 unspecified atom stereocenters. The van der Waals surface area contributed by atoms with Gasteiger partial charge in [-0.1, -0.05) is 79.9 Å². The Kier molecular flexibility index (Phi) is 10.3. The maximum atomic E-state index is 14.0. The molecular weight excluding hydrogens is 482 g/mol. The lowest BCUT2D eigenvalue weighted by Gasteiger charge is -2.32. The summed E-state index contributed by atoms with van der Waals surface area (Å²) in [6.45, 7) is 3.90. The summed E-state index contributed by atoms with van der Waals surface area (Å²) >= 11 is 0. The van der Waals surface area contributed by atoms with Crippen LogP contribution in [0.1, 0.15) is 74.8 Å². The third kappa shape index (κ3) is 8.09. The fourth-order valence-electron chi connectivity index (χ4n) is 6.08. The van der Waals surface area contributed by atoms with Gasteiger partial charge in [0, 0.05) is 18.5 Å². The van der Waals surface area contributed by atoms with E-state index in [2.05, 4.69) is 41.1 Å². The zero-order chi connectivity index (χ0) is 27.0. The van der Waals surface area contributed by atoms with Crippen molar-refractivity contribution in [2.45, 2.75) is 75.7 Å². The summed E-state index contributed by atoms with van der Waals surface area (Å²) in [7, 11) is 2.09. The summed E-state index contributed by atoms with van der Waals surface area (Å²) in [6.07, 6.45) is 8.38. The van der Waals surface area contributed by atoms with Crippen LogP contribution in [0.3, 0.4) is 0 Å². The smallest absolute Gasteiger partial charge is 0.320 e. The van der Waals surface area contributed by atoms with E-state index >= 15 is 0 Å². The number of benzene rings is 2. The van der Waals surface area contributed by atoms with E-state index in [9.17, 15) is 18.7 Å². The van der Waals surface area contributed by atoms with Crippen LogP contribution in [0.4, 0.5) is 8.78 Å². The number of piperidine rings is 1. The molecule has 0 bridgehead atoms. The van der Waals surface area contributed by atoms with Gasteiger partial charge in [0.2, 0.25) is 0 Å². The molecular formula is C32H44F2N2O2. The molecule has 3 fully saturated rings. The van der Waals surface area contributed by atoms with Crippen molar-refractivity contribution in [1.82, 2.24) is 9.80 Å². The Morgan fingerprint density at radius 3 is 2.13 bits per heavy atom. The molecule has 38 heavy (non-hydrogen) atoms. The first-order chi connectivity index (χ1) is 18.3. The van der Waals surface area contributed by atoms with Crippen molar-refractivity contribution in [2.24, 2.45) is 11.8 Å². The summed E-state index contributed by atoms with van der Waals surface area (Å²) in [5.74, 6) is -1.70. The van der Waals surface area contributed by atoms with Gasteiger partial charge < -0.3 is 10.0 Å². The molecule has 2 heterocycles. The van der Waals surface area contributed by atoms with Crippen LogP contribution in [0.5, 0.6) is 0 Å². The van der Waals surface area contributed by atoms with Gasteiger partial charge >= 0.3 is 5.97 Å². The number of likely N-dealkylation sites (tertiary alicyclic amines) is 2. The number of alkyl halides is 2. The molecule has 2 saturated heterocycles. The highest BCUT2D eigenvalue weighted by atomic mass is 19.3. The molecule has 2 aromatic carbocycles. The van der Waals surface area contributed by atoms with Crippen molar-refractivity contribution in [1.29, 1.82) is 0 Å². The molecule has 0 spiro atoms. The van der Waals surface area contributed by atoms with Gasteiger partial charge in [-0.3, -0.25) is 9.69 Å². The normalized spacial score (nSPS) is 22.3. The van der Waals surface area contributed by atoms with Crippen LogP contribution in [0, 0.1) is 11.8 Å². The topological polar surface area (TPSA) is 43.8 Å². The maximum absolute atomic E-state index is 14.0. The summed E-state index contributed by atoms with van der Waals surface area (Å²) < 4.78 is 28.0. The number of rotatable bonds is 9. The van der Waals surface area contributed by atoms with Crippen LogP contribution in [-0.2, 0) is 10.7 Å². The predicted molar refractivity (Wildman–Crippen MR) is 149 cm³/mol. The van der Waals surface area contributed by atoms with Crippen molar-refractivity contribution >= 4 is 5.97 Å². The van der Waals surface area contributed by atoms with Crippen LogP contribution in [-0.4, -0.2) is 60.1 Å². The lowest BCUT2D eigenvalue weighted by Crippen LogP contribution is -2.41. The zero-order valence-electron chi connectivity index (χ0n) is 22.8. The standard InChI is InChI=1S/C17H23NO2.C15H21F2N/c19-17(20)16(11-13-5-4-6-13)18-10-9-15(12-18)14-7-2-1-3-8-14;1-18-11-8-13(9-12-18)7-10-15(16,17)14-5-3-2-4-6-14/h1-3,7-8,13,15-16H,4-6,9-12H2,(H,19,20);2-6,13H,7-12H2,1H3. The largest absolute Gasteiger partial charge is 0.480 e. The van der Waals surface area contributed by atoms with Crippen LogP contribution in [0.2, 0.25) is 0 Å². The average Bonchev–Trinajstić information content (AvgIpc) is 3.39. The van der Waals surface area contributed by atoms with Crippen LogP contribution in [0.25, 0.3) is 0 Å². The van der Waals surface area contributed by atoms with E-state index < -0.39 is 11.9 Å². The summed E-state index contributed by atoms with van der Waals surface area (Å²) in [4.78, 5) is 16.0. The lowest BCUT2D eigenvalue weighted by molar-refractivity contribution is -0.143. The Labute approximate surface area is 227 Å². The molecule has 1 N–H and O–H groups in total. The molecule has 2 atom stereocenters. The first kappa shape index (κ1) is 28.7. The van der Waals surface area contributed by atoms with Crippen molar-refractivity contribution in [3.63, 3.8) is 0 Å². The predicted octanol–water partition coefficient (Wildman–Crippen LogP) is 7.02. The average molecular weight is 527 g/mol. The zero-order valence-corrected chi connectivity index (χ0v) is 22.8. The molecule has 2 aliphatic heterocycles. The minimum Gasteiger partial charge on any atom is -0.480 e. The lowest BCUT2D eigenvalue weighted by atomic mass is 9.80. The quantitative estimate of drug-likeness (QED) is 0.381. The molecule has 0 radical (unpaired) electrons. The van der Waals surface area contributed by atoms with Crippen LogP contribution >= 0.6 is 0 Å². The molecule has 1 aliphatic carbocycles. The van der Waals surface area contributed by atoms with Gasteiger partial charge in [0.1, 0.15) is 6.04 Å².